The molecule has 0 saturated heterocycles. The summed E-state index contributed by atoms with van der Waals surface area (Å²) >= 11 is 0. The topological polar surface area (TPSA) is 39.7 Å². The highest BCUT2D eigenvalue weighted by Gasteiger charge is 2.45. The van der Waals surface area contributed by atoms with Gasteiger partial charge in [-0.2, -0.15) is 0 Å². The number of halogens is 2. The SMILES string of the molecule is CN=C(NCCCN(C)C)NCC1(c2ccccc2F)CC1.I. The summed E-state index contributed by atoms with van der Waals surface area (Å²) in [4.78, 5) is 6.40. The summed E-state index contributed by atoms with van der Waals surface area (Å²) in [6.45, 7) is 2.65. The maximum absolute atomic E-state index is 14.0. The summed E-state index contributed by atoms with van der Waals surface area (Å²) in [6, 6.07) is 7.10. The fourth-order valence-corrected chi connectivity index (χ4v) is 2.66. The number of aliphatic imine (C=N–C) groups is 1. The molecule has 1 saturated carbocycles. The maximum Gasteiger partial charge on any atom is 0.191 e. The van der Waals surface area contributed by atoms with E-state index in [2.05, 4.69) is 34.6 Å². The molecule has 0 aromatic heterocycles. The van der Waals surface area contributed by atoms with Crippen LogP contribution in [0.15, 0.2) is 29.3 Å². The molecule has 2 rings (SSSR count). The first kappa shape index (κ1) is 20.2. The number of hydrogen-bond donors (Lipinski definition) is 2. The first-order valence-corrected chi connectivity index (χ1v) is 7.92. The monoisotopic (exact) mass is 434 g/mol. The molecule has 1 fully saturated rings. The van der Waals surface area contributed by atoms with Crippen molar-refractivity contribution in [3.63, 3.8) is 0 Å². The van der Waals surface area contributed by atoms with Gasteiger partial charge in [0.1, 0.15) is 5.82 Å². The summed E-state index contributed by atoms with van der Waals surface area (Å²) in [7, 11) is 5.90. The smallest absolute Gasteiger partial charge is 0.191 e. The van der Waals surface area contributed by atoms with Crippen LogP contribution < -0.4 is 10.6 Å². The summed E-state index contributed by atoms with van der Waals surface area (Å²) in [5, 5.41) is 6.65. The Morgan fingerprint density at radius 2 is 1.96 bits per heavy atom. The average molecular weight is 434 g/mol. The summed E-state index contributed by atoms with van der Waals surface area (Å²) in [6.07, 6.45) is 3.11. The van der Waals surface area contributed by atoms with E-state index in [1.54, 1.807) is 19.2 Å². The molecule has 0 atom stereocenters. The lowest BCUT2D eigenvalue weighted by Gasteiger charge is -2.19. The largest absolute Gasteiger partial charge is 0.356 e. The van der Waals surface area contributed by atoms with Gasteiger partial charge in [0.25, 0.3) is 0 Å². The van der Waals surface area contributed by atoms with Gasteiger partial charge in [-0.05, 0) is 51.5 Å². The van der Waals surface area contributed by atoms with Crippen molar-refractivity contribution in [2.45, 2.75) is 24.7 Å². The van der Waals surface area contributed by atoms with Gasteiger partial charge in [-0.1, -0.05) is 18.2 Å². The first-order chi connectivity index (χ1) is 10.6. The third kappa shape index (κ3) is 5.91. The third-order valence-corrected chi connectivity index (χ3v) is 4.19. The van der Waals surface area contributed by atoms with Crippen molar-refractivity contribution in [1.29, 1.82) is 0 Å². The van der Waals surface area contributed by atoms with E-state index in [0.717, 1.165) is 50.4 Å². The van der Waals surface area contributed by atoms with E-state index in [9.17, 15) is 4.39 Å². The molecule has 0 amide bonds. The van der Waals surface area contributed by atoms with Crippen LogP contribution in [0.5, 0.6) is 0 Å². The molecule has 130 valence electrons. The zero-order valence-electron chi connectivity index (χ0n) is 14.2. The molecule has 0 heterocycles. The molecule has 1 aliphatic carbocycles. The molecule has 1 aliphatic rings. The fraction of sp³-hybridized carbons (Fsp3) is 0.588. The van der Waals surface area contributed by atoms with E-state index in [0.29, 0.717) is 0 Å². The normalized spacial score (nSPS) is 16.0. The Morgan fingerprint density at radius 3 is 2.52 bits per heavy atom. The number of guanidine groups is 1. The number of nitrogens with zero attached hydrogens (tertiary/aromatic N) is 2. The number of benzene rings is 1. The minimum Gasteiger partial charge on any atom is -0.356 e. The highest BCUT2D eigenvalue weighted by molar-refractivity contribution is 14.0. The van der Waals surface area contributed by atoms with E-state index in [1.165, 1.54) is 0 Å². The lowest BCUT2D eigenvalue weighted by molar-refractivity contribution is 0.399. The molecule has 0 radical (unpaired) electrons. The second-order valence-electron chi connectivity index (χ2n) is 6.27. The van der Waals surface area contributed by atoms with E-state index >= 15 is 0 Å². The number of nitrogens with one attached hydrogen (secondary N) is 2. The van der Waals surface area contributed by atoms with Crippen molar-refractivity contribution in [2.24, 2.45) is 4.99 Å². The molecular weight excluding hydrogens is 406 g/mol. The van der Waals surface area contributed by atoms with Crippen molar-refractivity contribution in [1.82, 2.24) is 15.5 Å². The first-order valence-electron chi connectivity index (χ1n) is 7.92. The Kier molecular flexibility index (Phi) is 8.25. The van der Waals surface area contributed by atoms with Gasteiger partial charge >= 0.3 is 0 Å². The van der Waals surface area contributed by atoms with Crippen molar-refractivity contribution in [3.8, 4) is 0 Å². The molecule has 0 aliphatic heterocycles. The van der Waals surface area contributed by atoms with Gasteiger partial charge in [0.2, 0.25) is 0 Å². The second kappa shape index (κ2) is 9.42. The number of hydrogen-bond acceptors (Lipinski definition) is 2. The Balaban J connectivity index is 0.00000264. The Morgan fingerprint density at radius 1 is 1.26 bits per heavy atom. The molecule has 6 heteroatoms. The third-order valence-electron chi connectivity index (χ3n) is 4.19. The predicted octanol–water partition coefficient (Wildman–Crippen LogP) is 2.59. The van der Waals surface area contributed by atoms with Crippen LogP contribution in [-0.2, 0) is 5.41 Å². The summed E-state index contributed by atoms with van der Waals surface area (Å²) in [5.74, 6) is 0.692. The molecule has 2 N–H and O–H groups in total. The minimum absolute atomic E-state index is 0. The van der Waals surface area contributed by atoms with Crippen LogP contribution in [0.3, 0.4) is 0 Å². The summed E-state index contributed by atoms with van der Waals surface area (Å²) in [5.41, 5.74) is 0.762. The van der Waals surface area contributed by atoms with Crippen LogP contribution in [0.2, 0.25) is 0 Å². The molecule has 23 heavy (non-hydrogen) atoms. The van der Waals surface area contributed by atoms with Crippen LogP contribution in [-0.4, -0.2) is 51.6 Å². The molecule has 1 aromatic rings. The van der Waals surface area contributed by atoms with Crippen LogP contribution in [0.4, 0.5) is 4.39 Å². The molecule has 1 aromatic carbocycles. The van der Waals surface area contributed by atoms with Crippen molar-refractivity contribution in [2.75, 3.05) is 40.8 Å². The zero-order valence-corrected chi connectivity index (χ0v) is 16.6. The van der Waals surface area contributed by atoms with Gasteiger partial charge < -0.3 is 15.5 Å². The van der Waals surface area contributed by atoms with Crippen LogP contribution in [0.1, 0.15) is 24.8 Å². The fourth-order valence-electron chi connectivity index (χ4n) is 2.66. The molecular formula is C17H28FIN4. The summed E-state index contributed by atoms with van der Waals surface area (Å²) < 4.78 is 14.0. The van der Waals surface area contributed by atoms with E-state index in [1.807, 2.05) is 12.1 Å². The van der Waals surface area contributed by atoms with Gasteiger partial charge in [0, 0.05) is 25.6 Å². The average Bonchev–Trinajstić information content (AvgIpc) is 3.27. The van der Waals surface area contributed by atoms with Crippen molar-refractivity contribution < 1.29 is 4.39 Å². The van der Waals surface area contributed by atoms with Crippen LogP contribution >= 0.6 is 24.0 Å². The maximum atomic E-state index is 14.0. The standard InChI is InChI=1S/C17H27FN4.HI/c1-19-16(20-11-6-12-22(2)3)21-13-17(9-10-17)14-7-4-5-8-15(14)18;/h4-5,7-8H,6,9-13H2,1-3H3,(H2,19,20,21);1H. The van der Waals surface area contributed by atoms with Gasteiger partial charge in [-0.3, -0.25) is 4.99 Å². The second-order valence-corrected chi connectivity index (χ2v) is 6.27. The van der Waals surface area contributed by atoms with Gasteiger partial charge in [0.05, 0.1) is 0 Å². The van der Waals surface area contributed by atoms with Crippen LogP contribution in [0, 0.1) is 5.82 Å². The van der Waals surface area contributed by atoms with Gasteiger partial charge in [0.15, 0.2) is 5.96 Å². The van der Waals surface area contributed by atoms with E-state index in [4.69, 9.17) is 0 Å². The lowest BCUT2D eigenvalue weighted by atomic mass is 9.95. The van der Waals surface area contributed by atoms with Gasteiger partial charge in [-0.15, -0.1) is 24.0 Å². The highest BCUT2D eigenvalue weighted by atomic mass is 127. The van der Waals surface area contributed by atoms with Crippen molar-refractivity contribution in [3.05, 3.63) is 35.6 Å². The van der Waals surface area contributed by atoms with Crippen molar-refractivity contribution >= 4 is 29.9 Å². The Labute approximate surface area is 156 Å². The Bertz CT molecular complexity index is 515. The molecule has 0 bridgehead atoms. The van der Waals surface area contributed by atoms with E-state index in [-0.39, 0.29) is 35.2 Å². The molecule has 4 nitrogen and oxygen atoms in total. The molecule has 0 spiro atoms. The molecule has 0 unspecified atom stereocenters. The van der Waals surface area contributed by atoms with E-state index < -0.39 is 0 Å². The number of rotatable bonds is 7. The Hall–Kier alpha value is -0.890. The zero-order chi connectivity index (χ0) is 16.0. The minimum atomic E-state index is -0.101. The van der Waals surface area contributed by atoms with Gasteiger partial charge in [-0.25, -0.2) is 4.39 Å². The predicted molar refractivity (Wildman–Crippen MR) is 105 cm³/mol. The van der Waals surface area contributed by atoms with Crippen LogP contribution in [0.25, 0.3) is 0 Å². The lowest BCUT2D eigenvalue weighted by Crippen LogP contribution is -2.42. The quantitative estimate of drug-likeness (QED) is 0.300. The highest BCUT2D eigenvalue weighted by Crippen LogP contribution is 2.48.